The van der Waals surface area contributed by atoms with Gasteiger partial charge in [0, 0.05) is 15.8 Å². The lowest BCUT2D eigenvalue weighted by Gasteiger charge is -2.20. The van der Waals surface area contributed by atoms with Gasteiger partial charge in [0.2, 0.25) is 0 Å². The number of ether oxygens (including phenoxy) is 1. The van der Waals surface area contributed by atoms with Crippen molar-refractivity contribution in [2.75, 3.05) is 12.4 Å². The zero-order valence-electron chi connectivity index (χ0n) is 12.3. The van der Waals surface area contributed by atoms with Crippen molar-refractivity contribution in [3.63, 3.8) is 0 Å². The molecule has 4 nitrogen and oxygen atoms in total. The van der Waals surface area contributed by atoms with Crippen molar-refractivity contribution in [1.82, 2.24) is 0 Å². The minimum Gasteiger partial charge on any atom is -0.465 e. The molecule has 6 heteroatoms. The number of rotatable bonds is 7. The number of benzene rings is 1. The molecule has 116 valence electrons. The Bertz CT molecular complexity index is 554. The Kier molecular flexibility index (Phi) is 6.55. The molecule has 0 radical (unpaired) electrons. The number of hydrogen-bond acceptors (Lipinski definition) is 4. The fourth-order valence-corrected chi connectivity index (χ4v) is 3.23. The van der Waals surface area contributed by atoms with Crippen LogP contribution in [-0.2, 0) is 30.9 Å². The molecule has 1 atom stereocenters. The maximum Gasteiger partial charge on any atom is 0.319 e. The molecular weight excluding hydrogens is 312 g/mol. The molecule has 1 aromatic rings. The lowest BCUT2D eigenvalue weighted by Crippen LogP contribution is -2.38. The molecule has 0 heterocycles. The molecule has 0 aromatic heterocycles. The summed E-state index contributed by atoms with van der Waals surface area (Å²) in [5.74, 6) is -1.00. The van der Waals surface area contributed by atoms with Gasteiger partial charge in [-0.05, 0) is 32.4 Å². The normalized spacial score (nSPS) is 12.8. The first-order valence-electron chi connectivity index (χ1n) is 6.58. The lowest BCUT2D eigenvalue weighted by atomic mass is 9.89. The van der Waals surface area contributed by atoms with E-state index in [0.717, 1.165) is 5.56 Å². The Morgan fingerprint density at radius 2 is 1.90 bits per heavy atom. The van der Waals surface area contributed by atoms with Crippen molar-refractivity contribution < 1.29 is 18.5 Å². The van der Waals surface area contributed by atoms with E-state index in [-0.39, 0.29) is 18.1 Å². The van der Waals surface area contributed by atoms with Crippen molar-refractivity contribution in [3.8, 4) is 0 Å². The van der Waals surface area contributed by atoms with Crippen molar-refractivity contribution in [3.05, 3.63) is 34.9 Å². The monoisotopic (exact) mass is 330 g/mol. The first-order chi connectivity index (χ1) is 9.78. The Morgan fingerprint density at radius 1 is 1.29 bits per heavy atom. The topological polar surface area (TPSA) is 60.4 Å². The van der Waals surface area contributed by atoms with E-state index in [0.29, 0.717) is 5.02 Å². The molecular formula is C15H19ClO4S. The molecule has 0 saturated heterocycles. The van der Waals surface area contributed by atoms with Gasteiger partial charge >= 0.3 is 5.97 Å². The third kappa shape index (κ3) is 4.93. The molecule has 1 aromatic carbocycles. The lowest BCUT2D eigenvalue weighted by molar-refractivity contribution is -0.157. The van der Waals surface area contributed by atoms with Crippen LogP contribution in [0, 0.1) is 5.41 Å². The van der Waals surface area contributed by atoms with Gasteiger partial charge in [0.15, 0.2) is 5.78 Å². The second-order valence-electron chi connectivity index (χ2n) is 5.09. The summed E-state index contributed by atoms with van der Waals surface area (Å²) in [6.45, 7) is 4.85. The summed E-state index contributed by atoms with van der Waals surface area (Å²) < 4.78 is 16.9. The highest BCUT2D eigenvalue weighted by Gasteiger charge is 2.37. The van der Waals surface area contributed by atoms with Gasteiger partial charge in [0.1, 0.15) is 5.41 Å². The highest BCUT2D eigenvalue weighted by Crippen LogP contribution is 2.21. The molecule has 0 amide bonds. The third-order valence-electron chi connectivity index (χ3n) is 3.05. The molecule has 21 heavy (non-hydrogen) atoms. The number of carbonyl (C=O) groups is 2. The zero-order valence-corrected chi connectivity index (χ0v) is 13.9. The smallest absolute Gasteiger partial charge is 0.319 e. The highest BCUT2D eigenvalue weighted by molar-refractivity contribution is 7.85. The van der Waals surface area contributed by atoms with E-state index in [2.05, 4.69) is 0 Å². The maximum atomic E-state index is 12.1. The second-order valence-corrected chi connectivity index (χ2v) is 6.95. The standard InChI is InChI=1S/C15H19ClO4S/c1-4-20-14(18)15(2,3)13(17)10-21(19)9-11-7-5-6-8-12(11)16/h5-8H,4,9-10H2,1-3H3. The van der Waals surface area contributed by atoms with Crippen LogP contribution in [0.1, 0.15) is 26.3 Å². The van der Waals surface area contributed by atoms with Crippen molar-refractivity contribution in [2.45, 2.75) is 26.5 Å². The SMILES string of the molecule is CCOC(=O)C(C)(C)C(=O)CS(=O)Cc1ccccc1Cl. The van der Waals surface area contributed by atoms with E-state index >= 15 is 0 Å². The van der Waals surface area contributed by atoms with E-state index in [1.807, 2.05) is 0 Å². The van der Waals surface area contributed by atoms with Gasteiger partial charge in [0.25, 0.3) is 0 Å². The van der Waals surface area contributed by atoms with Crippen LogP contribution < -0.4 is 0 Å². The van der Waals surface area contributed by atoms with Crippen LogP contribution >= 0.6 is 11.6 Å². The predicted octanol–water partition coefficient (Wildman–Crippen LogP) is 2.75. The fourth-order valence-electron chi connectivity index (χ4n) is 1.59. The second kappa shape index (κ2) is 7.71. The van der Waals surface area contributed by atoms with Crippen LogP contribution in [0.15, 0.2) is 24.3 Å². The molecule has 0 aliphatic carbocycles. The predicted molar refractivity (Wildman–Crippen MR) is 83.6 cm³/mol. The summed E-state index contributed by atoms with van der Waals surface area (Å²) in [5, 5.41) is 0.517. The number of carbonyl (C=O) groups excluding carboxylic acids is 2. The Morgan fingerprint density at radius 3 is 2.48 bits per heavy atom. The average molecular weight is 331 g/mol. The number of Topliss-reactive ketones (excluding diaryl/α,β-unsaturated/α-hetero) is 1. The van der Waals surface area contributed by atoms with Crippen molar-refractivity contribution in [2.24, 2.45) is 5.41 Å². The highest BCUT2D eigenvalue weighted by atomic mass is 35.5. The van der Waals surface area contributed by atoms with Crippen molar-refractivity contribution in [1.29, 1.82) is 0 Å². The molecule has 0 saturated carbocycles. The summed E-state index contributed by atoms with van der Waals surface area (Å²) in [6.07, 6.45) is 0. The Labute approximate surface area is 132 Å². The van der Waals surface area contributed by atoms with Gasteiger partial charge in [-0.25, -0.2) is 0 Å². The number of hydrogen-bond donors (Lipinski definition) is 0. The Hall–Kier alpha value is -1.20. The van der Waals surface area contributed by atoms with Crippen LogP contribution in [0.3, 0.4) is 0 Å². The summed E-state index contributed by atoms with van der Waals surface area (Å²) in [5.41, 5.74) is -0.564. The summed E-state index contributed by atoms with van der Waals surface area (Å²) in [4.78, 5) is 23.9. The Balaban J connectivity index is 2.68. The molecule has 1 unspecified atom stereocenters. The summed E-state index contributed by atoms with van der Waals surface area (Å²) in [7, 11) is -1.42. The summed E-state index contributed by atoms with van der Waals surface area (Å²) in [6, 6.07) is 7.05. The van der Waals surface area contributed by atoms with Crippen LogP contribution in [0.25, 0.3) is 0 Å². The minimum atomic E-state index is -1.42. The number of ketones is 1. The van der Waals surface area contributed by atoms with Crippen LogP contribution in [0.5, 0.6) is 0 Å². The zero-order chi connectivity index (χ0) is 16.0. The van der Waals surface area contributed by atoms with E-state index in [1.165, 1.54) is 13.8 Å². The molecule has 0 aliphatic rings. The number of halogens is 1. The van der Waals surface area contributed by atoms with Gasteiger partial charge in [-0.15, -0.1) is 0 Å². The molecule has 0 spiro atoms. The van der Waals surface area contributed by atoms with E-state index < -0.39 is 28.0 Å². The van der Waals surface area contributed by atoms with Gasteiger partial charge in [0.05, 0.1) is 18.1 Å². The molecule has 1 rings (SSSR count). The molecule has 0 aliphatic heterocycles. The van der Waals surface area contributed by atoms with Crippen molar-refractivity contribution >= 4 is 34.2 Å². The first-order valence-corrected chi connectivity index (χ1v) is 8.44. The van der Waals surface area contributed by atoms with Crippen LogP contribution in [0.4, 0.5) is 0 Å². The van der Waals surface area contributed by atoms with Gasteiger partial charge in [-0.2, -0.15) is 0 Å². The van der Waals surface area contributed by atoms with E-state index in [4.69, 9.17) is 16.3 Å². The van der Waals surface area contributed by atoms with Crippen LogP contribution in [0.2, 0.25) is 5.02 Å². The largest absolute Gasteiger partial charge is 0.465 e. The van der Waals surface area contributed by atoms with Gasteiger partial charge < -0.3 is 4.74 Å². The van der Waals surface area contributed by atoms with Gasteiger partial charge in [-0.1, -0.05) is 29.8 Å². The fraction of sp³-hybridized carbons (Fsp3) is 0.467. The maximum absolute atomic E-state index is 12.1. The quantitative estimate of drug-likeness (QED) is 0.569. The van der Waals surface area contributed by atoms with Crippen LogP contribution in [-0.4, -0.2) is 28.3 Å². The molecule has 0 N–H and O–H groups in total. The van der Waals surface area contributed by atoms with E-state index in [1.54, 1.807) is 31.2 Å². The van der Waals surface area contributed by atoms with Gasteiger partial charge in [-0.3, -0.25) is 13.8 Å². The molecule has 0 bridgehead atoms. The third-order valence-corrected chi connectivity index (χ3v) is 4.64. The minimum absolute atomic E-state index is 0.185. The first kappa shape index (κ1) is 17.9. The summed E-state index contributed by atoms with van der Waals surface area (Å²) >= 11 is 5.99. The number of esters is 1. The average Bonchev–Trinajstić information content (AvgIpc) is 2.41. The van der Waals surface area contributed by atoms with E-state index in [9.17, 15) is 13.8 Å². The molecule has 0 fully saturated rings.